The summed E-state index contributed by atoms with van der Waals surface area (Å²) in [5.74, 6) is 0.843. The molecule has 0 atom stereocenters. The van der Waals surface area contributed by atoms with Crippen molar-refractivity contribution >= 4 is 11.8 Å². The van der Waals surface area contributed by atoms with E-state index in [0.717, 1.165) is 0 Å². The molecular weight excluding hydrogens is 338 g/mol. The molecule has 2 aromatic rings. The number of nitrogens with two attached hydrogens (primary N) is 1. The largest absolute Gasteiger partial charge is 0.487 e. The lowest BCUT2D eigenvalue weighted by Gasteiger charge is -2.39. The molecule has 0 saturated carbocycles. The first-order valence-corrected chi connectivity index (χ1v) is 8.22. The Hall–Kier alpha value is -3.29. The Balaban J connectivity index is 1.40. The number of benzene rings is 1. The molecule has 2 amide bonds. The monoisotopic (exact) mass is 355 g/mol. The SMILES string of the molecule is NC(=O)c1cc(OC2CN(C(=O)c3cccc4c3OCCO4)C2)ccn1. The normalized spacial score (nSPS) is 15.9. The first-order chi connectivity index (χ1) is 12.6. The fourth-order valence-corrected chi connectivity index (χ4v) is 2.90. The molecule has 0 aliphatic carbocycles. The van der Waals surface area contributed by atoms with Crippen LogP contribution in [0.4, 0.5) is 0 Å². The highest BCUT2D eigenvalue weighted by Crippen LogP contribution is 2.35. The Morgan fingerprint density at radius 2 is 2.00 bits per heavy atom. The van der Waals surface area contributed by atoms with Crippen molar-refractivity contribution in [2.45, 2.75) is 6.10 Å². The molecule has 0 bridgehead atoms. The third-order valence-corrected chi connectivity index (χ3v) is 4.22. The first kappa shape index (κ1) is 16.2. The molecule has 0 unspecified atom stereocenters. The zero-order chi connectivity index (χ0) is 18.1. The molecule has 3 heterocycles. The number of aromatic nitrogens is 1. The van der Waals surface area contributed by atoms with Crippen molar-refractivity contribution in [3.8, 4) is 17.2 Å². The standard InChI is InChI=1S/C18H17N3O5/c19-17(22)14-8-11(4-5-20-14)26-12-9-21(10-12)18(23)13-2-1-3-15-16(13)25-7-6-24-15/h1-5,8,12H,6-7,9-10H2,(H2,19,22). The highest BCUT2D eigenvalue weighted by atomic mass is 16.6. The molecule has 0 radical (unpaired) electrons. The molecule has 2 aliphatic heterocycles. The Morgan fingerprint density at radius 1 is 1.19 bits per heavy atom. The van der Waals surface area contributed by atoms with Crippen LogP contribution >= 0.6 is 0 Å². The molecule has 4 rings (SSSR count). The van der Waals surface area contributed by atoms with Crippen molar-refractivity contribution in [2.24, 2.45) is 5.73 Å². The number of pyridine rings is 1. The van der Waals surface area contributed by atoms with Crippen LogP contribution in [0.5, 0.6) is 17.2 Å². The van der Waals surface area contributed by atoms with Gasteiger partial charge in [0.25, 0.3) is 11.8 Å². The molecule has 2 aliphatic rings. The molecule has 2 N–H and O–H groups in total. The number of carbonyl (C=O) groups is 2. The Bertz CT molecular complexity index is 864. The van der Waals surface area contributed by atoms with Crippen LogP contribution in [0.1, 0.15) is 20.8 Å². The zero-order valence-electron chi connectivity index (χ0n) is 13.9. The molecule has 1 fully saturated rings. The Labute approximate surface area is 149 Å². The highest BCUT2D eigenvalue weighted by Gasteiger charge is 2.35. The van der Waals surface area contributed by atoms with E-state index < -0.39 is 5.91 Å². The molecule has 8 heteroatoms. The highest BCUT2D eigenvalue weighted by molar-refractivity contribution is 5.98. The number of para-hydroxylation sites is 1. The number of hydrogen-bond acceptors (Lipinski definition) is 6. The van der Waals surface area contributed by atoms with Crippen molar-refractivity contribution in [1.82, 2.24) is 9.88 Å². The minimum atomic E-state index is -0.614. The van der Waals surface area contributed by atoms with Crippen LogP contribution in [0, 0.1) is 0 Å². The summed E-state index contributed by atoms with van der Waals surface area (Å²) in [5.41, 5.74) is 5.84. The minimum Gasteiger partial charge on any atom is -0.487 e. The zero-order valence-corrected chi connectivity index (χ0v) is 13.9. The summed E-state index contributed by atoms with van der Waals surface area (Å²) in [6.07, 6.45) is 1.31. The number of amides is 2. The predicted octanol–water partition coefficient (Wildman–Crippen LogP) is 0.855. The van der Waals surface area contributed by atoms with Crippen molar-refractivity contribution < 1.29 is 23.8 Å². The van der Waals surface area contributed by atoms with Gasteiger partial charge in [-0.25, -0.2) is 0 Å². The average molecular weight is 355 g/mol. The predicted molar refractivity (Wildman–Crippen MR) is 90.5 cm³/mol. The Kier molecular flexibility index (Phi) is 4.08. The maximum atomic E-state index is 12.7. The van der Waals surface area contributed by atoms with Gasteiger partial charge < -0.3 is 24.8 Å². The molecule has 8 nitrogen and oxygen atoms in total. The van der Waals surface area contributed by atoms with E-state index in [1.54, 1.807) is 29.2 Å². The van der Waals surface area contributed by atoms with Crippen LogP contribution in [0.15, 0.2) is 36.5 Å². The van der Waals surface area contributed by atoms with Crippen LogP contribution in [0.25, 0.3) is 0 Å². The van der Waals surface area contributed by atoms with Gasteiger partial charge in [-0.3, -0.25) is 14.6 Å². The van der Waals surface area contributed by atoms with Crippen LogP contribution in [0.2, 0.25) is 0 Å². The Morgan fingerprint density at radius 3 is 2.81 bits per heavy atom. The fraction of sp³-hybridized carbons (Fsp3) is 0.278. The van der Waals surface area contributed by atoms with E-state index in [1.807, 2.05) is 0 Å². The summed E-state index contributed by atoms with van der Waals surface area (Å²) in [7, 11) is 0. The van der Waals surface area contributed by atoms with E-state index in [2.05, 4.69) is 4.98 Å². The van der Waals surface area contributed by atoms with Gasteiger partial charge in [0.05, 0.1) is 18.7 Å². The van der Waals surface area contributed by atoms with Crippen molar-refractivity contribution in [3.63, 3.8) is 0 Å². The molecule has 0 spiro atoms. The van der Waals surface area contributed by atoms with Crippen molar-refractivity contribution in [2.75, 3.05) is 26.3 Å². The van der Waals surface area contributed by atoms with Gasteiger partial charge in [-0.15, -0.1) is 0 Å². The lowest BCUT2D eigenvalue weighted by Crippen LogP contribution is -2.56. The van der Waals surface area contributed by atoms with Crippen molar-refractivity contribution in [3.05, 3.63) is 47.8 Å². The lowest BCUT2D eigenvalue weighted by molar-refractivity contribution is 0.0172. The molecule has 1 aromatic heterocycles. The quantitative estimate of drug-likeness (QED) is 0.872. The second-order valence-electron chi connectivity index (χ2n) is 6.02. The summed E-state index contributed by atoms with van der Waals surface area (Å²) in [5, 5.41) is 0. The summed E-state index contributed by atoms with van der Waals surface area (Å²) < 4.78 is 16.9. The lowest BCUT2D eigenvalue weighted by atomic mass is 10.1. The van der Waals surface area contributed by atoms with Gasteiger partial charge in [-0.1, -0.05) is 6.07 Å². The van der Waals surface area contributed by atoms with E-state index >= 15 is 0 Å². The van der Waals surface area contributed by atoms with Crippen LogP contribution < -0.4 is 19.9 Å². The number of rotatable bonds is 4. The van der Waals surface area contributed by atoms with E-state index in [4.69, 9.17) is 19.9 Å². The number of likely N-dealkylation sites (tertiary alicyclic amines) is 1. The average Bonchev–Trinajstić information content (AvgIpc) is 2.63. The summed E-state index contributed by atoms with van der Waals surface area (Å²) in [6.45, 7) is 1.78. The first-order valence-electron chi connectivity index (χ1n) is 8.22. The third kappa shape index (κ3) is 3.01. The molecule has 1 saturated heterocycles. The van der Waals surface area contributed by atoms with Crippen LogP contribution in [-0.2, 0) is 0 Å². The van der Waals surface area contributed by atoms with Crippen LogP contribution in [0.3, 0.4) is 0 Å². The second-order valence-corrected chi connectivity index (χ2v) is 6.02. The van der Waals surface area contributed by atoms with Gasteiger partial charge in [0.15, 0.2) is 11.5 Å². The number of ether oxygens (including phenoxy) is 3. The van der Waals surface area contributed by atoms with Gasteiger partial charge in [0.2, 0.25) is 0 Å². The number of fused-ring (bicyclic) bond motifs is 1. The number of hydrogen-bond donors (Lipinski definition) is 1. The molecular formula is C18H17N3O5. The number of nitrogens with zero attached hydrogens (tertiary/aromatic N) is 2. The van der Waals surface area contributed by atoms with E-state index in [0.29, 0.717) is 49.1 Å². The summed E-state index contributed by atoms with van der Waals surface area (Å²) >= 11 is 0. The third-order valence-electron chi connectivity index (χ3n) is 4.22. The maximum Gasteiger partial charge on any atom is 0.267 e. The number of carbonyl (C=O) groups excluding carboxylic acids is 2. The van der Waals surface area contributed by atoms with Gasteiger partial charge in [0, 0.05) is 12.3 Å². The molecule has 1 aromatic carbocycles. The summed E-state index contributed by atoms with van der Waals surface area (Å²) in [6, 6.07) is 8.43. The molecule has 134 valence electrons. The van der Waals surface area contributed by atoms with Gasteiger partial charge in [0.1, 0.15) is 30.8 Å². The smallest absolute Gasteiger partial charge is 0.267 e. The second kappa shape index (κ2) is 6.55. The molecule has 26 heavy (non-hydrogen) atoms. The van der Waals surface area contributed by atoms with E-state index in [1.165, 1.54) is 12.3 Å². The van der Waals surface area contributed by atoms with Gasteiger partial charge >= 0.3 is 0 Å². The topological polar surface area (TPSA) is 104 Å². The number of primary amides is 1. The fourth-order valence-electron chi connectivity index (χ4n) is 2.90. The van der Waals surface area contributed by atoms with E-state index in [-0.39, 0.29) is 17.7 Å². The van der Waals surface area contributed by atoms with Crippen LogP contribution in [-0.4, -0.2) is 54.1 Å². The minimum absolute atomic E-state index is 0.125. The maximum absolute atomic E-state index is 12.7. The van der Waals surface area contributed by atoms with Crippen molar-refractivity contribution in [1.29, 1.82) is 0 Å². The van der Waals surface area contributed by atoms with Gasteiger partial charge in [-0.2, -0.15) is 0 Å². The summed E-state index contributed by atoms with van der Waals surface area (Å²) in [4.78, 5) is 29.4. The van der Waals surface area contributed by atoms with Gasteiger partial charge in [-0.05, 0) is 18.2 Å². The van der Waals surface area contributed by atoms with E-state index in [9.17, 15) is 9.59 Å².